The quantitative estimate of drug-likeness (QED) is 0.823. The van der Waals surface area contributed by atoms with Crippen molar-refractivity contribution in [2.75, 3.05) is 6.61 Å². The third-order valence-electron chi connectivity index (χ3n) is 5.76. The maximum Gasteiger partial charge on any atom is 0.226 e. The second-order valence-electron chi connectivity index (χ2n) is 8.47. The van der Waals surface area contributed by atoms with Crippen molar-refractivity contribution in [3.8, 4) is 0 Å². The van der Waals surface area contributed by atoms with E-state index in [1.807, 2.05) is 6.92 Å². The van der Waals surface area contributed by atoms with Gasteiger partial charge in [0.25, 0.3) is 0 Å². The minimum Gasteiger partial charge on any atom is -0.394 e. The van der Waals surface area contributed by atoms with Crippen LogP contribution in [0.3, 0.4) is 0 Å². The molecule has 4 aliphatic carbocycles. The molecule has 0 aromatic rings. The maximum absolute atomic E-state index is 12.7. The fourth-order valence-corrected chi connectivity index (χ4v) is 6.12. The number of hydrogen-bond acceptors (Lipinski definition) is 2. The van der Waals surface area contributed by atoms with Crippen LogP contribution in [0, 0.1) is 22.2 Å². The smallest absolute Gasteiger partial charge is 0.226 e. The van der Waals surface area contributed by atoms with Crippen LogP contribution in [0.4, 0.5) is 0 Å². The molecule has 3 atom stereocenters. The molecule has 3 heteroatoms. The Balaban J connectivity index is 1.86. The number of aliphatic hydroxyl groups excluding tert-OH is 1. The molecule has 0 aromatic carbocycles. The molecule has 1 amide bonds. The van der Waals surface area contributed by atoms with Crippen molar-refractivity contribution in [1.29, 1.82) is 0 Å². The Hall–Kier alpha value is -0.570. The molecule has 3 unspecified atom stereocenters. The summed E-state index contributed by atoms with van der Waals surface area (Å²) in [5, 5.41) is 12.2. The van der Waals surface area contributed by atoms with Gasteiger partial charge in [0.15, 0.2) is 0 Å². The molecule has 0 heterocycles. The summed E-state index contributed by atoms with van der Waals surface area (Å²) in [7, 11) is 0. The van der Waals surface area contributed by atoms with Gasteiger partial charge < -0.3 is 10.4 Å². The van der Waals surface area contributed by atoms with Crippen LogP contribution in [0.25, 0.3) is 0 Å². The number of carbonyl (C=O) groups excluding carboxylic acids is 1. The molecule has 0 aromatic heterocycles. The zero-order chi connectivity index (χ0) is 13.9. The number of rotatable bonds is 3. The minimum atomic E-state index is -0.146. The van der Waals surface area contributed by atoms with Crippen LogP contribution in [-0.4, -0.2) is 23.7 Å². The summed E-state index contributed by atoms with van der Waals surface area (Å²) in [4.78, 5) is 12.7. The summed E-state index contributed by atoms with van der Waals surface area (Å²) in [5.41, 5.74) is 0.592. The van der Waals surface area contributed by atoms with E-state index in [2.05, 4.69) is 19.2 Å². The Morgan fingerprint density at radius 1 is 1.21 bits per heavy atom. The highest BCUT2D eigenvalue weighted by Gasteiger charge is 2.62. The summed E-state index contributed by atoms with van der Waals surface area (Å²) in [5.74, 6) is 0.942. The van der Waals surface area contributed by atoms with E-state index in [9.17, 15) is 4.79 Å². The first-order valence-corrected chi connectivity index (χ1v) is 7.70. The summed E-state index contributed by atoms with van der Waals surface area (Å²) in [6, 6.07) is -0.124. The van der Waals surface area contributed by atoms with E-state index < -0.39 is 0 Å². The number of aliphatic hydroxyl groups is 1. The lowest BCUT2D eigenvalue weighted by atomic mass is 9.40. The lowest BCUT2D eigenvalue weighted by molar-refractivity contribution is -0.170. The lowest BCUT2D eigenvalue weighted by Crippen LogP contribution is -2.60. The molecule has 4 aliphatic rings. The topological polar surface area (TPSA) is 49.3 Å². The van der Waals surface area contributed by atoms with Gasteiger partial charge in [0, 0.05) is 6.04 Å². The van der Waals surface area contributed by atoms with Crippen molar-refractivity contribution in [2.45, 2.75) is 65.3 Å². The summed E-state index contributed by atoms with van der Waals surface area (Å²) in [6.07, 6.45) is 7.09. The van der Waals surface area contributed by atoms with E-state index in [4.69, 9.17) is 5.11 Å². The summed E-state index contributed by atoms with van der Waals surface area (Å²) in [6.45, 7) is 6.67. The van der Waals surface area contributed by atoms with Crippen molar-refractivity contribution in [2.24, 2.45) is 22.2 Å². The molecule has 0 saturated heterocycles. The monoisotopic (exact) mass is 265 g/mol. The van der Waals surface area contributed by atoms with Crippen LogP contribution >= 0.6 is 0 Å². The molecule has 3 nitrogen and oxygen atoms in total. The van der Waals surface area contributed by atoms with Crippen LogP contribution in [0.15, 0.2) is 0 Å². The third kappa shape index (κ3) is 2.10. The van der Waals surface area contributed by atoms with Crippen LogP contribution in [0.1, 0.15) is 59.3 Å². The van der Waals surface area contributed by atoms with E-state index >= 15 is 0 Å². The Labute approximate surface area is 116 Å². The Kier molecular flexibility index (Phi) is 2.80. The second kappa shape index (κ2) is 3.97. The number of hydrogen-bond donors (Lipinski definition) is 2. The molecule has 0 aliphatic heterocycles. The van der Waals surface area contributed by atoms with Crippen molar-refractivity contribution >= 4 is 5.91 Å². The van der Waals surface area contributed by atoms with Crippen LogP contribution in [-0.2, 0) is 4.79 Å². The largest absolute Gasteiger partial charge is 0.394 e. The first kappa shape index (κ1) is 13.4. The first-order chi connectivity index (χ1) is 8.78. The molecule has 4 bridgehead atoms. The zero-order valence-electron chi connectivity index (χ0n) is 12.5. The lowest BCUT2D eigenvalue weighted by Gasteiger charge is -2.64. The first-order valence-electron chi connectivity index (χ1n) is 7.70. The molecular weight excluding hydrogens is 238 g/mol. The van der Waals surface area contributed by atoms with Crippen LogP contribution in [0.5, 0.6) is 0 Å². The Bertz CT molecular complexity index is 388. The third-order valence-corrected chi connectivity index (χ3v) is 5.76. The van der Waals surface area contributed by atoms with Gasteiger partial charge in [0.05, 0.1) is 12.0 Å². The van der Waals surface area contributed by atoms with Gasteiger partial charge in [0.1, 0.15) is 0 Å². The van der Waals surface area contributed by atoms with Crippen LogP contribution in [0.2, 0.25) is 0 Å². The normalized spacial score (nSPS) is 49.2. The highest BCUT2D eigenvalue weighted by molar-refractivity contribution is 5.83. The summed E-state index contributed by atoms with van der Waals surface area (Å²) >= 11 is 0. The van der Waals surface area contributed by atoms with Crippen molar-refractivity contribution in [3.05, 3.63) is 0 Å². The van der Waals surface area contributed by atoms with Gasteiger partial charge in [-0.1, -0.05) is 13.8 Å². The predicted octanol–water partition coefficient (Wildman–Crippen LogP) is 2.48. The van der Waals surface area contributed by atoms with Gasteiger partial charge >= 0.3 is 0 Å². The number of amides is 1. The van der Waals surface area contributed by atoms with E-state index in [0.717, 1.165) is 25.2 Å². The van der Waals surface area contributed by atoms with Gasteiger partial charge in [-0.3, -0.25) is 4.79 Å². The molecule has 19 heavy (non-hydrogen) atoms. The molecule has 2 N–H and O–H groups in total. The molecule has 4 saturated carbocycles. The predicted molar refractivity (Wildman–Crippen MR) is 74.5 cm³/mol. The average molecular weight is 265 g/mol. The van der Waals surface area contributed by atoms with Gasteiger partial charge in [-0.05, 0) is 62.2 Å². The van der Waals surface area contributed by atoms with E-state index in [-0.39, 0.29) is 24.0 Å². The molecule has 4 fully saturated rings. The molecular formula is C16H27NO2. The standard InChI is InChI=1S/C16H27NO2/c1-11(7-18)17-13(19)16-6-12-4-14(2,9-16)8-15(3,5-12)10-16/h11-12,18H,4-10H2,1-3H3,(H,17,19). The fourth-order valence-electron chi connectivity index (χ4n) is 6.12. The maximum atomic E-state index is 12.7. The summed E-state index contributed by atoms with van der Waals surface area (Å²) < 4.78 is 0. The number of carbonyl (C=O) groups is 1. The molecule has 108 valence electrons. The van der Waals surface area contributed by atoms with Gasteiger partial charge in [0.2, 0.25) is 5.91 Å². The van der Waals surface area contributed by atoms with E-state index in [0.29, 0.717) is 10.8 Å². The highest BCUT2D eigenvalue weighted by Crippen LogP contribution is 2.69. The molecule has 0 radical (unpaired) electrons. The minimum absolute atomic E-state index is 0.0276. The fraction of sp³-hybridized carbons (Fsp3) is 0.938. The van der Waals surface area contributed by atoms with Crippen molar-refractivity contribution in [3.63, 3.8) is 0 Å². The molecule has 4 rings (SSSR count). The van der Waals surface area contributed by atoms with Gasteiger partial charge in [-0.15, -0.1) is 0 Å². The average Bonchev–Trinajstić information content (AvgIpc) is 2.23. The number of nitrogens with one attached hydrogen (secondary N) is 1. The van der Waals surface area contributed by atoms with Gasteiger partial charge in [-0.25, -0.2) is 0 Å². The van der Waals surface area contributed by atoms with E-state index in [1.54, 1.807) is 0 Å². The van der Waals surface area contributed by atoms with Gasteiger partial charge in [-0.2, -0.15) is 0 Å². The van der Waals surface area contributed by atoms with E-state index in [1.165, 1.54) is 19.3 Å². The second-order valence-corrected chi connectivity index (χ2v) is 8.47. The SMILES string of the molecule is CC(CO)NC(=O)C12CC3CC(C)(CC(C)(C3)C1)C2. The Morgan fingerprint density at radius 2 is 1.79 bits per heavy atom. The zero-order valence-corrected chi connectivity index (χ0v) is 12.5. The highest BCUT2D eigenvalue weighted by atomic mass is 16.3. The van der Waals surface area contributed by atoms with Crippen LogP contribution < -0.4 is 5.32 Å². The molecule has 0 spiro atoms. The van der Waals surface area contributed by atoms with Crippen molar-refractivity contribution in [1.82, 2.24) is 5.32 Å². The Morgan fingerprint density at radius 3 is 2.26 bits per heavy atom. The van der Waals surface area contributed by atoms with Crippen molar-refractivity contribution < 1.29 is 9.90 Å².